The Balaban J connectivity index is 1.65. The highest BCUT2D eigenvalue weighted by molar-refractivity contribution is 7.90. The second-order valence-electron chi connectivity index (χ2n) is 6.26. The van der Waals surface area contributed by atoms with Gasteiger partial charge in [0.15, 0.2) is 0 Å². The number of hydrogen-bond acceptors (Lipinski definition) is 4. The highest BCUT2D eigenvalue weighted by Crippen LogP contribution is 2.47. The van der Waals surface area contributed by atoms with E-state index in [-0.39, 0.29) is 16.7 Å². The molecule has 6 nitrogen and oxygen atoms in total. The van der Waals surface area contributed by atoms with Crippen molar-refractivity contribution < 1.29 is 13.2 Å². The second-order valence-corrected chi connectivity index (χ2v) is 7.94. The molecule has 1 fully saturated rings. The van der Waals surface area contributed by atoms with Crippen molar-refractivity contribution in [2.24, 2.45) is 13.0 Å². The van der Waals surface area contributed by atoms with Gasteiger partial charge in [0.05, 0.1) is 11.1 Å². The van der Waals surface area contributed by atoms with Crippen molar-refractivity contribution in [3.05, 3.63) is 47.8 Å². The van der Waals surface area contributed by atoms with Crippen LogP contribution in [-0.4, -0.2) is 24.1 Å². The number of hydrogen-bond donors (Lipinski definition) is 1. The third kappa shape index (κ3) is 3.51. The summed E-state index contributed by atoms with van der Waals surface area (Å²) >= 11 is 0. The molecule has 0 aliphatic heterocycles. The summed E-state index contributed by atoms with van der Waals surface area (Å²) in [7, 11) is -2.00. The van der Waals surface area contributed by atoms with Gasteiger partial charge in [-0.25, -0.2) is 13.1 Å². The van der Waals surface area contributed by atoms with Gasteiger partial charge in [0, 0.05) is 19.2 Å². The highest BCUT2D eigenvalue weighted by Gasteiger charge is 2.45. The van der Waals surface area contributed by atoms with Crippen molar-refractivity contribution in [2.75, 3.05) is 0 Å². The predicted octanol–water partition coefficient (Wildman–Crippen LogP) is 1.98. The van der Waals surface area contributed by atoms with E-state index in [1.54, 1.807) is 35.1 Å². The van der Waals surface area contributed by atoms with Crippen LogP contribution in [0.2, 0.25) is 0 Å². The Labute approximate surface area is 141 Å². The number of rotatable bonds is 6. The lowest BCUT2D eigenvalue weighted by molar-refractivity contribution is -0.120. The molecule has 2 atom stereocenters. The number of nitrogens with zero attached hydrogens (tertiary/aromatic N) is 2. The fraction of sp³-hybridized carbons (Fsp3) is 0.412. The van der Waals surface area contributed by atoms with Gasteiger partial charge in [0.25, 0.3) is 10.0 Å². The van der Waals surface area contributed by atoms with E-state index >= 15 is 0 Å². The Kier molecular flexibility index (Phi) is 4.45. The van der Waals surface area contributed by atoms with Gasteiger partial charge < -0.3 is 0 Å². The number of nitrogens with one attached hydrogen (secondary N) is 1. The van der Waals surface area contributed by atoms with Crippen molar-refractivity contribution in [2.45, 2.75) is 37.0 Å². The summed E-state index contributed by atoms with van der Waals surface area (Å²) in [6.45, 7) is 2.07. The zero-order valence-electron chi connectivity index (χ0n) is 13.8. The van der Waals surface area contributed by atoms with Crippen LogP contribution in [0, 0.1) is 5.92 Å². The third-order valence-electron chi connectivity index (χ3n) is 4.29. The van der Waals surface area contributed by atoms with Gasteiger partial charge in [-0.1, -0.05) is 25.5 Å². The molecule has 1 aromatic carbocycles. The van der Waals surface area contributed by atoms with Crippen LogP contribution in [0.15, 0.2) is 41.6 Å². The van der Waals surface area contributed by atoms with E-state index in [2.05, 4.69) is 16.7 Å². The third-order valence-corrected chi connectivity index (χ3v) is 5.65. The number of carbonyl (C=O) groups excluding carboxylic acids is 1. The fourth-order valence-corrected chi connectivity index (χ4v) is 3.90. The standard InChI is InChI=1S/C17H21N3O3S/c1-3-4-12-5-7-14(8-6-12)24(22,23)19-17(21)16-9-15(16)13-10-18-20(2)11-13/h5-8,10-11,15-16H,3-4,9H2,1-2H3,(H,19,21)/t15-,16-/m0/s1. The van der Waals surface area contributed by atoms with Gasteiger partial charge in [-0.05, 0) is 42.0 Å². The first-order valence-electron chi connectivity index (χ1n) is 8.05. The Bertz CT molecular complexity index is 840. The summed E-state index contributed by atoms with van der Waals surface area (Å²) in [5, 5.41) is 4.08. The Morgan fingerprint density at radius 1 is 1.33 bits per heavy atom. The molecule has 1 heterocycles. The highest BCUT2D eigenvalue weighted by atomic mass is 32.2. The van der Waals surface area contributed by atoms with Crippen molar-refractivity contribution in [3.63, 3.8) is 0 Å². The van der Waals surface area contributed by atoms with E-state index in [0.717, 1.165) is 24.0 Å². The molecule has 1 saturated carbocycles. The monoisotopic (exact) mass is 347 g/mol. The predicted molar refractivity (Wildman–Crippen MR) is 89.8 cm³/mol. The number of carbonyl (C=O) groups is 1. The number of amides is 1. The summed E-state index contributed by atoms with van der Waals surface area (Å²) in [4.78, 5) is 12.4. The number of aromatic nitrogens is 2. The van der Waals surface area contributed by atoms with Gasteiger partial charge >= 0.3 is 0 Å². The SMILES string of the molecule is CCCc1ccc(S(=O)(=O)NC(=O)[C@H]2C[C@H]2c2cnn(C)c2)cc1. The van der Waals surface area contributed by atoms with Crippen LogP contribution in [0.5, 0.6) is 0 Å². The minimum absolute atomic E-state index is 0.0563. The maximum absolute atomic E-state index is 12.3. The lowest BCUT2D eigenvalue weighted by atomic mass is 10.1. The van der Waals surface area contributed by atoms with Crippen LogP contribution >= 0.6 is 0 Å². The first kappa shape index (κ1) is 16.7. The normalized spacial score (nSPS) is 19.9. The van der Waals surface area contributed by atoms with Gasteiger partial charge in [-0.2, -0.15) is 5.10 Å². The molecule has 0 bridgehead atoms. The average Bonchev–Trinajstić information content (AvgIpc) is 3.23. The smallest absolute Gasteiger partial charge is 0.264 e. The lowest BCUT2D eigenvalue weighted by Crippen LogP contribution is -2.32. The van der Waals surface area contributed by atoms with Gasteiger partial charge in [-0.3, -0.25) is 9.48 Å². The molecule has 1 aliphatic rings. The fourth-order valence-electron chi connectivity index (χ4n) is 2.88. The largest absolute Gasteiger partial charge is 0.276 e. The average molecular weight is 347 g/mol. The minimum atomic E-state index is -3.82. The molecule has 2 aromatic rings. The van der Waals surface area contributed by atoms with Crippen molar-refractivity contribution in [3.8, 4) is 0 Å². The van der Waals surface area contributed by atoms with E-state index in [1.807, 2.05) is 13.2 Å². The Morgan fingerprint density at radius 2 is 2.04 bits per heavy atom. The van der Waals surface area contributed by atoms with Crippen molar-refractivity contribution >= 4 is 15.9 Å². The van der Waals surface area contributed by atoms with Crippen LogP contribution < -0.4 is 4.72 Å². The molecule has 1 amide bonds. The Hall–Kier alpha value is -2.15. The zero-order chi connectivity index (χ0) is 17.3. The maximum Gasteiger partial charge on any atom is 0.264 e. The summed E-state index contributed by atoms with van der Waals surface area (Å²) in [6, 6.07) is 6.68. The van der Waals surface area contributed by atoms with Crippen LogP contribution in [0.1, 0.15) is 36.8 Å². The van der Waals surface area contributed by atoms with Gasteiger partial charge in [0.1, 0.15) is 0 Å². The van der Waals surface area contributed by atoms with Gasteiger partial charge in [-0.15, -0.1) is 0 Å². The summed E-state index contributed by atoms with van der Waals surface area (Å²) in [5.41, 5.74) is 2.06. The molecule has 0 saturated heterocycles. The molecule has 128 valence electrons. The maximum atomic E-state index is 12.3. The van der Waals surface area contributed by atoms with Crippen LogP contribution in [0.3, 0.4) is 0 Å². The number of aryl methyl sites for hydroxylation is 2. The van der Waals surface area contributed by atoms with E-state index in [4.69, 9.17) is 0 Å². The topological polar surface area (TPSA) is 81.1 Å². The molecule has 0 spiro atoms. The molecular weight excluding hydrogens is 326 g/mol. The minimum Gasteiger partial charge on any atom is -0.276 e. The van der Waals surface area contributed by atoms with Crippen LogP contribution in [0.25, 0.3) is 0 Å². The first-order chi connectivity index (χ1) is 11.4. The molecule has 24 heavy (non-hydrogen) atoms. The molecule has 0 radical (unpaired) electrons. The quantitative estimate of drug-likeness (QED) is 0.866. The summed E-state index contributed by atoms with van der Waals surface area (Å²) < 4.78 is 28.6. The molecular formula is C17H21N3O3S. The van der Waals surface area contributed by atoms with Crippen LogP contribution in [0.4, 0.5) is 0 Å². The van der Waals surface area contributed by atoms with E-state index < -0.39 is 15.9 Å². The molecule has 3 rings (SSSR count). The van der Waals surface area contributed by atoms with E-state index in [0.29, 0.717) is 6.42 Å². The van der Waals surface area contributed by atoms with Crippen LogP contribution in [-0.2, 0) is 28.3 Å². The van der Waals surface area contributed by atoms with E-state index in [1.165, 1.54) is 0 Å². The molecule has 7 heteroatoms. The molecule has 1 aliphatic carbocycles. The lowest BCUT2D eigenvalue weighted by Gasteiger charge is -2.07. The summed E-state index contributed by atoms with van der Waals surface area (Å²) in [5.74, 6) is -0.689. The zero-order valence-corrected chi connectivity index (χ0v) is 14.6. The Morgan fingerprint density at radius 3 is 2.62 bits per heavy atom. The molecule has 0 unspecified atom stereocenters. The molecule has 1 aromatic heterocycles. The second kappa shape index (κ2) is 6.39. The van der Waals surface area contributed by atoms with Gasteiger partial charge in [0.2, 0.25) is 5.91 Å². The van der Waals surface area contributed by atoms with E-state index in [9.17, 15) is 13.2 Å². The first-order valence-corrected chi connectivity index (χ1v) is 9.53. The van der Waals surface area contributed by atoms with Crippen molar-refractivity contribution in [1.29, 1.82) is 0 Å². The number of sulfonamides is 1. The van der Waals surface area contributed by atoms with Crippen molar-refractivity contribution in [1.82, 2.24) is 14.5 Å². The summed E-state index contributed by atoms with van der Waals surface area (Å²) in [6.07, 6.45) is 6.14. The molecule has 1 N–H and O–H groups in total. The number of benzene rings is 1.